The fraction of sp³-hybridized carbons (Fsp3) is 0.562. The zero-order valence-corrected chi connectivity index (χ0v) is 18.4. The number of hydrogen-bond acceptors (Lipinski definition) is 3. The van der Waals surface area contributed by atoms with Crippen LogP contribution >= 0.6 is 39.9 Å². The van der Waals surface area contributed by atoms with Crippen molar-refractivity contribution in [2.45, 2.75) is 13.0 Å². The predicted molar refractivity (Wildman–Crippen MR) is 112 cm³/mol. The molecule has 0 unspecified atom stereocenters. The molecule has 0 bridgehead atoms. The quantitative estimate of drug-likeness (QED) is 0.229. The van der Waals surface area contributed by atoms with Gasteiger partial charge < -0.3 is 20.3 Å². The molecule has 1 aromatic carbocycles. The normalized spacial score (nSPS) is 11.3. The van der Waals surface area contributed by atoms with Crippen LogP contribution in [0.2, 0.25) is 0 Å². The molecule has 0 heterocycles. The van der Waals surface area contributed by atoms with E-state index in [1.165, 1.54) is 6.07 Å². The van der Waals surface area contributed by atoms with Crippen molar-refractivity contribution in [3.05, 3.63) is 34.1 Å². The van der Waals surface area contributed by atoms with Gasteiger partial charge in [-0.25, -0.2) is 4.39 Å². The SMILES string of the molecule is CN=C(NCCN(C)CCCOC)NCc1ccc(Br)c(F)c1.I. The molecular weight excluding hydrogens is 490 g/mol. The van der Waals surface area contributed by atoms with E-state index in [0.29, 0.717) is 17.0 Å². The maximum Gasteiger partial charge on any atom is 0.191 e. The topological polar surface area (TPSA) is 48.9 Å². The van der Waals surface area contributed by atoms with Crippen molar-refractivity contribution in [3.63, 3.8) is 0 Å². The third kappa shape index (κ3) is 9.75. The lowest BCUT2D eigenvalue weighted by Gasteiger charge is -2.18. The van der Waals surface area contributed by atoms with Crippen molar-refractivity contribution in [2.24, 2.45) is 4.99 Å². The molecule has 0 atom stereocenters. The highest BCUT2D eigenvalue weighted by atomic mass is 127. The number of methoxy groups -OCH3 is 1. The molecule has 0 aliphatic heterocycles. The van der Waals surface area contributed by atoms with E-state index in [-0.39, 0.29) is 29.8 Å². The minimum Gasteiger partial charge on any atom is -0.385 e. The van der Waals surface area contributed by atoms with Gasteiger partial charge in [-0.2, -0.15) is 0 Å². The van der Waals surface area contributed by atoms with Crippen molar-refractivity contribution in [1.29, 1.82) is 0 Å². The van der Waals surface area contributed by atoms with E-state index in [2.05, 4.69) is 43.5 Å². The van der Waals surface area contributed by atoms with Gasteiger partial charge in [0.25, 0.3) is 0 Å². The maximum absolute atomic E-state index is 13.5. The van der Waals surface area contributed by atoms with Crippen LogP contribution in [0, 0.1) is 5.82 Å². The molecule has 0 aliphatic rings. The van der Waals surface area contributed by atoms with Gasteiger partial charge in [-0.05, 0) is 47.1 Å². The fourth-order valence-corrected chi connectivity index (χ4v) is 2.26. The summed E-state index contributed by atoms with van der Waals surface area (Å²) < 4.78 is 19.0. The third-order valence-corrected chi connectivity index (χ3v) is 3.98. The fourth-order valence-electron chi connectivity index (χ4n) is 2.01. The van der Waals surface area contributed by atoms with E-state index in [1.54, 1.807) is 20.2 Å². The smallest absolute Gasteiger partial charge is 0.191 e. The summed E-state index contributed by atoms with van der Waals surface area (Å²) in [4.78, 5) is 6.41. The molecule has 138 valence electrons. The summed E-state index contributed by atoms with van der Waals surface area (Å²) in [5.41, 5.74) is 0.866. The third-order valence-electron chi connectivity index (χ3n) is 3.34. The van der Waals surface area contributed by atoms with Gasteiger partial charge in [-0.1, -0.05) is 6.07 Å². The summed E-state index contributed by atoms with van der Waals surface area (Å²) >= 11 is 3.15. The standard InChI is InChI=1S/C16H26BrFN4O.HI/c1-19-16(20-7-9-22(2)8-4-10-23-3)21-12-13-5-6-14(17)15(18)11-13;/h5-6,11H,4,7-10,12H2,1-3H3,(H2,19,20,21);1H. The Morgan fingerprint density at radius 1 is 1.33 bits per heavy atom. The Morgan fingerprint density at radius 3 is 2.71 bits per heavy atom. The summed E-state index contributed by atoms with van der Waals surface area (Å²) in [6, 6.07) is 5.09. The Kier molecular flexibility index (Phi) is 13.5. The zero-order valence-electron chi connectivity index (χ0n) is 14.4. The van der Waals surface area contributed by atoms with Crippen LogP contribution in [0.1, 0.15) is 12.0 Å². The van der Waals surface area contributed by atoms with Crippen molar-refractivity contribution in [2.75, 3.05) is 47.4 Å². The van der Waals surface area contributed by atoms with Gasteiger partial charge in [0.2, 0.25) is 0 Å². The zero-order chi connectivity index (χ0) is 17.1. The number of nitrogens with zero attached hydrogens (tertiary/aromatic N) is 2. The van der Waals surface area contributed by atoms with Crippen LogP contribution in [0.25, 0.3) is 0 Å². The van der Waals surface area contributed by atoms with E-state index in [0.717, 1.165) is 38.2 Å². The Hall–Kier alpha value is -0.450. The first kappa shape index (κ1) is 23.5. The molecule has 0 saturated heterocycles. The lowest BCUT2D eigenvalue weighted by molar-refractivity contribution is 0.180. The average molecular weight is 517 g/mol. The lowest BCUT2D eigenvalue weighted by Crippen LogP contribution is -2.40. The van der Waals surface area contributed by atoms with Crippen LogP contribution in [0.4, 0.5) is 4.39 Å². The van der Waals surface area contributed by atoms with E-state index >= 15 is 0 Å². The van der Waals surface area contributed by atoms with Gasteiger partial charge in [-0.15, -0.1) is 24.0 Å². The maximum atomic E-state index is 13.5. The molecule has 0 spiro atoms. The van der Waals surface area contributed by atoms with Crippen LogP contribution in [0.5, 0.6) is 0 Å². The lowest BCUT2D eigenvalue weighted by atomic mass is 10.2. The molecule has 0 fully saturated rings. The Labute approximate surface area is 169 Å². The second kappa shape index (κ2) is 13.8. The Balaban J connectivity index is 0.00000529. The number of rotatable bonds is 9. The van der Waals surface area contributed by atoms with E-state index in [4.69, 9.17) is 4.74 Å². The van der Waals surface area contributed by atoms with Crippen LogP contribution in [-0.2, 0) is 11.3 Å². The first-order valence-electron chi connectivity index (χ1n) is 7.62. The van der Waals surface area contributed by atoms with Gasteiger partial charge >= 0.3 is 0 Å². The van der Waals surface area contributed by atoms with Crippen molar-refractivity contribution < 1.29 is 9.13 Å². The second-order valence-electron chi connectivity index (χ2n) is 5.25. The van der Waals surface area contributed by atoms with E-state index < -0.39 is 0 Å². The van der Waals surface area contributed by atoms with E-state index in [9.17, 15) is 4.39 Å². The number of hydrogen-bond donors (Lipinski definition) is 2. The summed E-state index contributed by atoms with van der Waals surface area (Å²) in [5.74, 6) is 0.448. The molecule has 0 aromatic heterocycles. The first-order chi connectivity index (χ1) is 11.1. The summed E-state index contributed by atoms with van der Waals surface area (Å²) in [5, 5.41) is 6.43. The monoisotopic (exact) mass is 516 g/mol. The minimum absolute atomic E-state index is 0. The predicted octanol–water partition coefficient (Wildman–Crippen LogP) is 2.84. The highest BCUT2D eigenvalue weighted by Crippen LogP contribution is 2.16. The molecule has 1 aromatic rings. The van der Waals surface area contributed by atoms with Crippen molar-refractivity contribution >= 4 is 45.9 Å². The molecule has 1 rings (SSSR count). The number of halogens is 3. The Morgan fingerprint density at radius 2 is 2.08 bits per heavy atom. The molecular formula is C16H27BrFIN4O. The van der Waals surface area contributed by atoms with Crippen LogP contribution in [0.15, 0.2) is 27.7 Å². The molecule has 0 aliphatic carbocycles. The van der Waals surface area contributed by atoms with Gasteiger partial charge in [-0.3, -0.25) is 4.99 Å². The molecule has 0 amide bonds. The van der Waals surface area contributed by atoms with Crippen molar-refractivity contribution in [3.8, 4) is 0 Å². The molecule has 0 radical (unpaired) electrons. The van der Waals surface area contributed by atoms with Crippen LogP contribution in [-0.4, -0.2) is 58.3 Å². The first-order valence-corrected chi connectivity index (χ1v) is 8.42. The average Bonchev–Trinajstić information content (AvgIpc) is 2.54. The molecule has 5 nitrogen and oxygen atoms in total. The number of guanidine groups is 1. The van der Waals surface area contributed by atoms with Gasteiger partial charge in [0.05, 0.1) is 4.47 Å². The summed E-state index contributed by atoms with van der Waals surface area (Å²) in [6.07, 6.45) is 1.02. The number of ether oxygens (including phenoxy) is 1. The highest BCUT2D eigenvalue weighted by Gasteiger charge is 2.03. The van der Waals surface area contributed by atoms with Crippen LogP contribution in [0.3, 0.4) is 0 Å². The van der Waals surface area contributed by atoms with Crippen molar-refractivity contribution in [1.82, 2.24) is 15.5 Å². The summed E-state index contributed by atoms with van der Waals surface area (Å²) in [7, 11) is 5.52. The van der Waals surface area contributed by atoms with Gasteiger partial charge in [0.1, 0.15) is 5.82 Å². The van der Waals surface area contributed by atoms with Gasteiger partial charge in [0.15, 0.2) is 5.96 Å². The minimum atomic E-state index is -0.259. The number of aliphatic imine (C=N–C) groups is 1. The molecule has 8 heteroatoms. The highest BCUT2D eigenvalue weighted by molar-refractivity contribution is 14.0. The number of benzene rings is 1. The van der Waals surface area contributed by atoms with E-state index in [1.807, 2.05) is 6.07 Å². The summed E-state index contributed by atoms with van der Waals surface area (Å²) in [6.45, 7) is 4.01. The molecule has 0 saturated carbocycles. The second-order valence-corrected chi connectivity index (χ2v) is 6.10. The largest absolute Gasteiger partial charge is 0.385 e. The number of likely N-dealkylation sites (N-methyl/N-ethyl adjacent to an activating group) is 1. The van der Waals surface area contributed by atoms with Crippen LogP contribution < -0.4 is 10.6 Å². The molecule has 24 heavy (non-hydrogen) atoms. The molecule has 2 N–H and O–H groups in total. The Bertz CT molecular complexity index is 505. The number of nitrogens with one attached hydrogen (secondary N) is 2. The van der Waals surface area contributed by atoms with Gasteiger partial charge in [0, 0.05) is 46.9 Å².